The van der Waals surface area contributed by atoms with E-state index in [4.69, 9.17) is 16.0 Å². The third-order valence-corrected chi connectivity index (χ3v) is 2.53. The molecule has 3 heteroatoms. The van der Waals surface area contributed by atoms with Gasteiger partial charge in [-0.15, -0.1) is 0 Å². The summed E-state index contributed by atoms with van der Waals surface area (Å²) in [6.07, 6.45) is 0. The van der Waals surface area contributed by atoms with Gasteiger partial charge in [0.05, 0.1) is 5.56 Å². The average molecular weight is 223 g/mol. The van der Waals surface area contributed by atoms with Gasteiger partial charge in [0.1, 0.15) is 11.3 Å². The van der Waals surface area contributed by atoms with E-state index in [1.54, 1.807) is 0 Å². The van der Waals surface area contributed by atoms with Gasteiger partial charge in [-0.1, -0.05) is 32.0 Å². The lowest BCUT2D eigenvalue weighted by Gasteiger charge is -2.00. The Labute approximate surface area is 92.8 Å². The van der Waals surface area contributed by atoms with Gasteiger partial charge < -0.3 is 4.42 Å². The average Bonchev–Trinajstić information content (AvgIpc) is 2.56. The molecule has 15 heavy (non-hydrogen) atoms. The maximum atomic E-state index is 11.4. The highest BCUT2D eigenvalue weighted by molar-refractivity contribution is 6.68. The Balaban J connectivity index is 2.80. The van der Waals surface area contributed by atoms with Crippen molar-refractivity contribution in [2.45, 2.75) is 19.8 Å². The van der Waals surface area contributed by atoms with Crippen molar-refractivity contribution in [3.05, 3.63) is 35.6 Å². The molecule has 0 unspecified atom stereocenters. The topological polar surface area (TPSA) is 30.2 Å². The minimum Gasteiger partial charge on any atom is -0.460 e. The molecule has 78 valence electrons. The molecule has 0 bridgehead atoms. The van der Waals surface area contributed by atoms with E-state index in [-0.39, 0.29) is 5.92 Å². The first-order valence-electron chi connectivity index (χ1n) is 4.82. The zero-order valence-corrected chi connectivity index (χ0v) is 9.34. The van der Waals surface area contributed by atoms with Crippen LogP contribution in [0.3, 0.4) is 0 Å². The summed E-state index contributed by atoms with van der Waals surface area (Å²) in [7, 11) is 0. The van der Waals surface area contributed by atoms with Crippen LogP contribution < -0.4 is 0 Å². The van der Waals surface area contributed by atoms with Crippen molar-refractivity contribution in [1.29, 1.82) is 0 Å². The lowest BCUT2D eigenvalue weighted by molar-refractivity contribution is 0.108. The van der Waals surface area contributed by atoms with E-state index in [1.165, 1.54) is 0 Å². The van der Waals surface area contributed by atoms with Crippen LogP contribution in [0.2, 0.25) is 0 Å². The second-order valence-corrected chi connectivity index (χ2v) is 4.11. The highest BCUT2D eigenvalue weighted by Gasteiger charge is 2.20. The number of furan rings is 1. The molecule has 1 aromatic carbocycles. The summed E-state index contributed by atoms with van der Waals surface area (Å²) in [6, 6.07) is 7.43. The third kappa shape index (κ3) is 1.65. The molecular weight excluding hydrogens is 212 g/mol. The SMILES string of the molecule is CC(C)c1oc2ccccc2c1C(=O)Cl. The van der Waals surface area contributed by atoms with E-state index < -0.39 is 5.24 Å². The van der Waals surface area contributed by atoms with Gasteiger partial charge in [0.25, 0.3) is 5.24 Å². The quantitative estimate of drug-likeness (QED) is 0.721. The maximum absolute atomic E-state index is 11.4. The molecule has 2 aromatic rings. The van der Waals surface area contributed by atoms with Crippen LogP contribution in [0.5, 0.6) is 0 Å². The van der Waals surface area contributed by atoms with Crippen LogP contribution in [-0.4, -0.2) is 5.24 Å². The number of carbonyl (C=O) groups excluding carboxylic acids is 1. The zero-order chi connectivity index (χ0) is 11.0. The fourth-order valence-corrected chi connectivity index (χ4v) is 1.87. The zero-order valence-electron chi connectivity index (χ0n) is 8.58. The van der Waals surface area contributed by atoms with Crippen LogP contribution in [0.4, 0.5) is 0 Å². The van der Waals surface area contributed by atoms with Crippen LogP contribution in [-0.2, 0) is 0 Å². The van der Waals surface area contributed by atoms with Gasteiger partial charge >= 0.3 is 0 Å². The molecule has 1 heterocycles. The summed E-state index contributed by atoms with van der Waals surface area (Å²) in [4.78, 5) is 11.4. The third-order valence-electron chi connectivity index (χ3n) is 2.34. The van der Waals surface area contributed by atoms with Crippen molar-refractivity contribution >= 4 is 27.8 Å². The summed E-state index contributed by atoms with van der Waals surface area (Å²) >= 11 is 5.57. The molecule has 2 nitrogen and oxygen atoms in total. The van der Waals surface area contributed by atoms with Crippen molar-refractivity contribution < 1.29 is 9.21 Å². The van der Waals surface area contributed by atoms with Crippen molar-refractivity contribution in [1.82, 2.24) is 0 Å². The number of carbonyl (C=O) groups is 1. The second-order valence-electron chi connectivity index (χ2n) is 3.77. The Kier molecular flexibility index (Phi) is 2.53. The Morgan fingerprint density at radius 2 is 2.00 bits per heavy atom. The number of fused-ring (bicyclic) bond motifs is 1. The van der Waals surface area contributed by atoms with Gasteiger partial charge in [-0.25, -0.2) is 0 Å². The van der Waals surface area contributed by atoms with E-state index in [0.29, 0.717) is 16.9 Å². The predicted molar refractivity (Wildman–Crippen MR) is 60.5 cm³/mol. The van der Waals surface area contributed by atoms with E-state index >= 15 is 0 Å². The van der Waals surface area contributed by atoms with Gasteiger partial charge in [0, 0.05) is 11.3 Å². The van der Waals surface area contributed by atoms with Gasteiger partial charge in [-0.05, 0) is 17.7 Å². The smallest absolute Gasteiger partial charge is 0.256 e. The fraction of sp³-hybridized carbons (Fsp3) is 0.250. The number of hydrogen-bond donors (Lipinski definition) is 0. The van der Waals surface area contributed by atoms with E-state index in [2.05, 4.69) is 0 Å². The Morgan fingerprint density at radius 3 is 2.60 bits per heavy atom. The lowest BCUT2D eigenvalue weighted by atomic mass is 10.1. The minimum atomic E-state index is -0.455. The summed E-state index contributed by atoms with van der Waals surface area (Å²) in [5, 5.41) is 0.338. The molecule has 1 aromatic heterocycles. The molecular formula is C12H11ClO2. The lowest BCUT2D eigenvalue weighted by Crippen LogP contribution is -1.95. The number of halogens is 1. The highest BCUT2D eigenvalue weighted by Crippen LogP contribution is 2.31. The van der Waals surface area contributed by atoms with E-state index in [1.807, 2.05) is 38.1 Å². The van der Waals surface area contributed by atoms with Crippen LogP contribution in [0.15, 0.2) is 28.7 Å². The fourth-order valence-electron chi connectivity index (χ4n) is 1.67. The summed E-state index contributed by atoms with van der Waals surface area (Å²) in [5.41, 5.74) is 1.22. The Bertz CT molecular complexity index is 511. The van der Waals surface area contributed by atoms with Gasteiger partial charge in [-0.3, -0.25) is 4.79 Å². The van der Waals surface area contributed by atoms with E-state index in [0.717, 1.165) is 5.39 Å². The first kappa shape index (κ1) is 10.2. The molecule has 0 atom stereocenters. The van der Waals surface area contributed by atoms with Crippen molar-refractivity contribution in [2.75, 3.05) is 0 Å². The number of benzene rings is 1. The van der Waals surface area contributed by atoms with Crippen LogP contribution in [0, 0.1) is 0 Å². The predicted octanol–water partition coefficient (Wildman–Crippen LogP) is 3.94. The standard InChI is InChI=1S/C12H11ClO2/c1-7(2)11-10(12(13)14)8-5-3-4-6-9(8)15-11/h3-7H,1-2H3. The minimum absolute atomic E-state index is 0.148. The molecule has 0 radical (unpaired) electrons. The van der Waals surface area contributed by atoms with Crippen molar-refractivity contribution in [3.63, 3.8) is 0 Å². The number of para-hydroxylation sites is 1. The Hall–Kier alpha value is -1.28. The second kappa shape index (κ2) is 3.70. The maximum Gasteiger partial charge on any atom is 0.256 e. The van der Waals surface area contributed by atoms with Crippen LogP contribution in [0.25, 0.3) is 11.0 Å². The molecule has 0 fully saturated rings. The monoisotopic (exact) mass is 222 g/mol. The van der Waals surface area contributed by atoms with Crippen molar-refractivity contribution in [3.8, 4) is 0 Å². The summed E-state index contributed by atoms with van der Waals surface area (Å²) in [5.74, 6) is 0.811. The largest absolute Gasteiger partial charge is 0.460 e. The molecule has 0 N–H and O–H groups in total. The molecule has 0 aliphatic carbocycles. The molecule has 0 saturated heterocycles. The molecule has 0 saturated carbocycles. The van der Waals surface area contributed by atoms with Crippen LogP contribution >= 0.6 is 11.6 Å². The highest BCUT2D eigenvalue weighted by atomic mass is 35.5. The first-order valence-corrected chi connectivity index (χ1v) is 5.20. The normalized spacial score (nSPS) is 11.2. The molecule has 2 rings (SSSR count). The first-order chi connectivity index (χ1) is 7.11. The summed E-state index contributed by atoms with van der Waals surface area (Å²) < 4.78 is 5.62. The number of rotatable bonds is 2. The van der Waals surface area contributed by atoms with E-state index in [9.17, 15) is 4.79 Å². The van der Waals surface area contributed by atoms with Gasteiger partial charge in [0.2, 0.25) is 0 Å². The summed E-state index contributed by atoms with van der Waals surface area (Å²) in [6.45, 7) is 3.95. The van der Waals surface area contributed by atoms with Gasteiger partial charge in [0.15, 0.2) is 0 Å². The molecule has 0 amide bonds. The van der Waals surface area contributed by atoms with Gasteiger partial charge in [-0.2, -0.15) is 0 Å². The molecule has 0 spiro atoms. The molecule has 0 aliphatic heterocycles. The number of hydrogen-bond acceptors (Lipinski definition) is 2. The Morgan fingerprint density at radius 1 is 1.33 bits per heavy atom. The van der Waals surface area contributed by atoms with Crippen LogP contribution in [0.1, 0.15) is 35.9 Å². The van der Waals surface area contributed by atoms with Crippen molar-refractivity contribution in [2.24, 2.45) is 0 Å². The molecule has 0 aliphatic rings.